The summed E-state index contributed by atoms with van der Waals surface area (Å²) in [5.74, 6) is 0.0916. The van der Waals surface area contributed by atoms with Gasteiger partial charge in [0.15, 0.2) is 0 Å². The monoisotopic (exact) mass is 295 g/mol. The predicted octanol–water partition coefficient (Wildman–Crippen LogP) is 2.88. The second-order valence-electron chi connectivity index (χ2n) is 8.75. The Bertz CT molecular complexity index is 371. The average Bonchev–Trinajstić information content (AvgIpc) is 2.22. The average molecular weight is 295 g/mol. The first-order valence-electron chi connectivity index (χ1n) is 8.08. The minimum atomic E-state index is -0.0900. The number of piperidine rings is 1. The molecule has 1 aliphatic heterocycles. The maximum atomic E-state index is 12.0. The Morgan fingerprint density at radius 2 is 1.57 bits per heavy atom. The summed E-state index contributed by atoms with van der Waals surface area (Å²) < 4.78 is 0. The molecule has 1 N–H and O–H groups in total. The molecule has 1 saturated heterocycles. The van der Waals surface area contributed by atoms with Gasteiger partial charge in [-0.3, -0.25) is 9.61 Å². The molecule has 0 saturated carbocycles. The lowest BCUT2D eigenvalue weighted by Gasteiger charge is -2.57. The van der Waals surface area contributed by atoms with Gasteiger partial charge in [0.05, 0.1) is 0 Å². The normalized spacial score (nSPS) is 22.0. The fraction of sp³-hybridized carbons (Fsp3) is 0.938. The molecular weight excluding hydrogens is 261 g/mol. The Morgan fingerprint density at radius 1 is 1.14 bits per heavy atom. The van der Waals surface area contributed by atoms with Crippen LogP contribution in [0.5, 0.6) is 0 Å². The van der Waals surface area contributed by atoms with Crippen molar-refractivity contribution >= 4 is 13.0 Å². The van der Waals surface area contributed by atoms with E-state index in [9.17, 15) is 4.79 Å². The molecule has 0 bridgehead atoms. The van der Waals surface area contributed by atoms with Gasteiger partial charge in [-0.25, -0.2) is 0 Å². The lowest BCUT2D eigenvalue weighted by molar-refractivity contribution is -0.124. The van der Waals surface area contributed by atoms with Crippen LogP contribution in [-0.2, 0) is 4.79 Å². The number of hydrogen-bond donors (Lipinski definition) is 1. The van der Waals surface area contributed by atoms with Gasteiger partial charge in [0.25, 0.3) is 0 Å². The Kier molecular flexibility index (Phi) is 5.22. The zero-order valence-corrected chi connectivity index (χ0v) is 15.5. The van der Waals surface area contributed by atoms with Gasteiger partial charge >= 0.3 is 7.12 Å². The number of nitrogens with one attached hydrogen (secondary N) is 1. The maximum absolute atomic E-state index is 12.0. The molecule has 21 heavy (non-hydrogen) atoms. The summed E-state index contributed by atoms with van der Waals surface area (Å²) in [6.07, 6.45) is 3.55. The van der Waals surface area contributed by atoms with E-state index < -0.39 is 0 Å². The van der Waals surface area contributed by atoms with Crippen LogP contribution in [0.3, 0.4) is 0 Å². The summed E-state index contributed by atoms with van der Waals surface area (Å²) in [4.78, 5) is 16.3. The van der Waals surface area contributed by atoms with Crippen LogP contribution in [0.1, 0.15) is 74.7 Å². The van der Waals surface area contributed by atoms with Crippen molar-refractivity contribution in [1.82, 2.24) is 14.8 Å². The first-order valence-corrected chi connectivity index (χ1v) is 8.08. The Labute approximate surface area is 131 Å². The number of rotatable bonds is 3. The van der Waals surface area contributed by atoms with Gasteiger partial charge in [-0.1, -0.05) is 0 Å². The Balaban J connectivity index is 3.23. The van der Waals surface area contributed by atoms with Gasteiger partial charge in [-0.15, -0.1) is 0 Å². The fourth-order valence-electron chi connectivity index (χ4n) is 3.57. The Hall–Kier alpha value is -0.545. The zero-order chi connectivity index (χ0) is 16.6. The summed E-state index contributed by atoms with van der Waals surface area (Å²) in [7, 11) is 1.81. The van der Waals surface area contributed by atoms with Crippen LogP contribution in [0, 0.1) is 0 Å². The van der Waals surface area contributed by atoms with Crippen LogP contribution in [-0.4, -0.2) is 46.3 Å². The highest BCUT2D eigenvalue weighted by Crippen LogP contribution is 2.39. The van der Waals surface area contributed by atoms with Crippen LogP contribution < -0.4 is 5.23 Å². The van der Waals surface area contributed by atoms with Crippen molar-refractivity contribution in [3.8, 4) is 0 Å². The molecular formula is C16H34BN3O. The van der Waals surface area contributed by atoms with E-state index in [4.69, 9.17) is 0 Å². The quantitative estimate of drug-likeness (QED) is 0.813. The van der Waals surface area contributed by atoms with Gasteiger partial charge in [-0.05, 0) is 74.8 Å². The predicted molar refractivity (Wildman–Crippen MR) is 90.9 cm³/mol. The van der Waals surface area contributed by atoms with E-state index in [1.165, 1.54) is 6.42 Å². The molecule has 0 unspecified atom stereocenters. The molecule has 0 aromatic rings. The minimum absolute atomic E-state index is 0.0576. The standard InChI is InChI=1S/C16H34BN3O/c1-13(21)19(9)17(18-14(2,3)4)20-15(5,6)11-10-12-16(20,7)8/h18H,10-12H2,1-9H3. The van der Waals surface area contributed by atoms with Crippen LogP contribution >= 0.6 is 0 Å². The summed E-state index contributed by atoms with van der Waals surface area (Å²) in [5.41, 5.74) is 0.0702. The van der Waals surface area contributed by atoms with E-state index in [2.05, 4.69) is 58.5 Å². The lowest BCUT2D eigenvalue weighted by Crippen LogP contribution is -2.75. The van der Waals surface area contributed by atoms with Gasteiger partial charge in [0.1, 0.15) is 0 Å². The number of carbonyl (C=O) groups is 1. The van der Waals surface area contributed by atoms with Crippen molar-refractivity contribution in [1.29, 1.82) is 0 Å². The molecule has 1 aliphatic rings. The molecule has 122 valence electrons. The van der Waals surface area contributed by atoms with Gasteiger partial charge in [0, 0.05) is 23.5 Å². The van der Waals surface area contributed by atoms with Gasteiger partial charge in [-0.2, -0.15) is 0 Å². The number of hydrogen-bond acceptors (Lipinski definition) is 3. The van der Waals surface area contributed by atoms with Crippen LogP contribution in [0.15, 0.2) is 0 Å². The number of amides is 1. The SMILES string of the molecule is CC(=O)N(C)B(NC(C)(C)C)N1C(C)(C)CCCC1(C)C. The molecule has 1 amide bonds. The van der Waals surface area contributed by atoms with E-state index in [0.717, 1.165) is 12.8 Å². The smallest absolute Gasteiger partial charge is 0.361 e. The topological polar surface area (TPSA) is 35.6 Å². The second kappa shape index (κ2) is 5.92. The third-order valence-corrected chi connectivity index (χ3v) is 4.55. The highest BCUT2D eigenvalue weighted by atomic mass is 16.2. The third-order valence-electron chi connectivity index (χ3n) is 4.55. The van der Waals surface area contributed by atoms with E-state index >= 15 is 0 Å². The lowest BCUT2D eigenvalue weighted by atomic mass is 9.68. The highest BCUT2D eigenvalue weighted by molar-refractivity contribution is 6.53. The largest absolute Gasteiger partial charge is 0.437 e. The summed E-state index contributed by atoms with van der Waals surface area (Å²) in [5, 5.41) is 3.65. The summed E-state index contributed by atoms with van der Waals surface area (Å²) >= 11 is 0. The molecule has 0 aromatic carbocycles. The molecule has 0 aliphatic carbocycles. The van der Waals surface area contributed by atoms with E-state index in [1.54, 1.807) is 6.92 Å². The van der Waals surface area contributed by atoms with Crippen molar-refractivity contribution < 1.29 is 4.79 Å². The van der Waals surface area contributed by atoms with Crippen molar-refractivity contribution in [2.45, 2.75) is 91.3 Å². The molecule has 0 radical (unpaired) electrons. The number of nitrogens with zero attached hydrogens (tertiary/aromatic N) is 2. The maximum Gasteiger partial charge on any atom is 0.437 e. The Morgan fingerprint density at radius 3 is 1.90 bits per heavy atom. The van der Waals surface area contributed by atoms with Crippen LogP contribution in [0.4, 0.5) is 0 Å². The highest BCUT2D eigenvalue weighted by Gasteiger charge is 2.50. The fourth-order valence-corrected chi connectivity index (χ4v) is 3.57. The zero-order valence-electron chi connectivity index (χ0n) is 15.5. The number of carbonyl (C=O) groups excluding carboxylic acids is 1. The van der Waals surface area contributed by atoms with Crippen molar-refractivity contribution in [3.05, 3.63) is 0 Å². The van der Waals surface area contributed by atoms with Crippen LogP contribution in [0.25, 0.3) is 0 Å². The van der Waals surface area contributed by atoms with Crippen molar-refractivity contribution in [2.75, 3.05) is 7.05 Å². The minimum Gasteiger partial charge on any atom is -0.361 e. The molecule has 0 atom stereocenters. The molecule has 5 heteroatoms. The van der Waals surface area contributed by atoms with Gasteiger partial charge < -0.3 is 10.0 Å². The third kappa shape index (κ3) is 4.46. The molecule has 1 rings (SSSR count). The summed E-state index contributed by atoms with van der Waals surface area (Å²) in [6, 6.07) is 0. The first kappa shape index (κ1) is 18.5. The van der Waals surface area contributed by atoms with Crippen molar-refractivity contribution in [3.63, 3.8) is 0 Å². The van der Waals surface area contributed by atoms with Crippen molar-refractivity contribution in [2.24, 2.45) is 0 Å². The molecule has 4 nitrogen and oxygen atoms in total. The van der Waals surface area contributed by atoms with E-state index in [1.807, 2.05) is 11.9 Å². The van der Waals surface area contributed by atoms with Gasteiger partial charge in [0.2, 0.25) is 5.91 Å². The molecule has 1 fully saturated rings. The molecule has 1 heterocycles. The molecule has 0 aromatic heterocycles. The van der Waals surface area contributed by atoms with E-state index in [-0.39, 0.29) is 29.6 Å². The van der Waals surface area contributed by atoms with Crippen LogP contribution in [0.2, 0.25) is 0 Å². The second-order valence-corrected chi connectivity index (χ2v) is 8.75. The summed E-state index contributed by atoms with van der Waals surface area (Å²) in [6.45, 7) is 17.3. The molecule has 0 spiro atoms. The van der Waals surface area contributed by atoms with E-state index in [0.29, 0.717) is 0 Å². The first-order chi connectivity index (χ1) is 9.28.